The fourth-order valence-electron chi connectivity index (χ4n) is 0.288. The minimum absolute atomic E-state index is 0.0231. The number of hydrogen-bond acceptors (Lipinski definition) is 1. The first kappa shape index (κ1) is 5.92. The third-order valence-electron chi connectivity index (χ3n) is 0.471. The zero-order chi connectivity index (χ0) is 4.99. The Balaban J connectivity index is 2.63. The quantitative estimate of drug-likeness (QED) is 0.502. The van der Waals surface area contributed by atoms with Gasteiger partial charge in [-0.3, -0.25) is 0 Å². The molecule has 6 heavy (non-hydrogen) atoms. The molecule has 0 bridgehead atoms. The van der Waals surface area contributed by atoms with Gasteiger partial charge in [-0.15, -0.1) is 0 Å². The molecule has 0 heterocycles. The molecule has 0 saturated heterocycles. The summed E-state index contributed by atoms with van der Waals surface area (Å²) < 4.78 is 0. The lowest BCUT2D eigenvalue weighted by molar-refractivity contribution is 0.576. The highest BCUT2D eigenvalue weighted by Gasteiger charge is 1.84. The second-order valence-electron chi connectivity index (χ2n) is 1.24. The first-order valence-electron chi connectivity index (χ1n) is 2.19. The third kappa shape index (κ3) is 3.92. The van der Waals surface area contributed by atoms with Gasteiger partial charge in [0.2, 0.25) is 0 Å². The molecule has 0 amide bonds. The molecule has 1 radical (unpaired) electrons. The van der Waals surface area contributed by atoms with E-state index in [0.717, 1.165) is 6.54 Å². The van der Waals surface area contributed by atoms with E-state index in [4.69, 9.17) is 5.73 Å². The highest BCUT2D eigenvalue weighted by Crippen LogP contribution is 1.64. The van der Waals surface area contributed by atoms with Gasteiger partial charge in [-0.1, -0.05) is 6.92 Å². The summed E-state index contributed by atoms with van der Waals surface area (Å²) >= 11 is 0. The Kier molecular flexibility index (Phi) is 3.08. The van der Waals surface area contributed by atoms with E-state index in [2.05, 4.69) is 5.32 Å². The van der Waals surface area contributed by atoms with Crippen LogP contribution in [-0.4, -0.2) is 12.7 Å². The Labute approximate surface area is 38.7 Å². The molecule has 0 rings (SSSR count). The van der Waals surface area contributed by atoms with Crippen LogP contribution in [0.15, 0.2) is 0 Å². The van der Waals surface area contributed by atoms with Gasteiger partial charge in [-0.2, -0.15) is 0 Å². The van der Waals surface area contributed by atoms with Crippen molar-refractivity contribution in [3.8, 4) is 0 Å². The molecular formula is C4H11N2. The second-order valence-corrected chi connectivity index (χ2v) is 1.24. The van der Waals surface area contributed by atoms with Gasteiger partial charge in [0.15, 0.2) is 0 Å². The van der Waals surface area contributed by atoms with Crippen LogP contribution in [0.4, 0.5) is 0 Å². The molecule has 0 fully saturated rings. The van der Waals surface area contributed by atoms with Crippen LogP contribution in [0.5, 0.6) is 0 Å². The zero-order valence-corrected chi connectivity index (χ0v) is 4.31. The zero-order valence-electron chi connectivity index (χ0n) is 4.31. The van der Waals surface area contributed by atoms with Crippen LogP contribution < -0.4 is 11.1 Å². The molecule has 1 atom stereocenters. The van der Waals surface area contributed by atoms with Gasteiger partial charge < -0.3 is 5.73 Å². The topological polar surface area (TPSA) is 40.1 Å². The summed E-state index contributed by atoms with van der Waals surface area (Å²) in [4.78, 5) is 0. The minimum Gasteiger partial charge on any atom is -0.315 e. The number of rotatable bonds is 2. The van der Waals surface area contributed by atoms with Crippen LogP contribution in [0, 0.1) is 0 Å². The van der Waals surface area contributed by atoms with Crippen molar-refractivity contribution in [2.45, 2.75) is 20.0 Å². The molecule has 0 aliphatic carbocycles. The van der Waals surface area contributed by atoms with Crippen molar-refractivity contribution >= 4 is 0 Å². The minimum atomic E-state index is 0.0231. The SMILES string of the molecule is CC[N]C(C)N. The Morgan fingerprint density at radius 1 is 1.83 bits per heavy atom. The van der Waals surface area contributed by atoms with E-state index < -0.39 is 0 Å². The van der Waals surface area contributed by atoms with E-state index in [1.807, 2.05) is 13.8 Å². The largest absolute Gasteiger partial charge is 0.315 e. The maximum Gasteiger partial charge on any atom is 0.0682 e. The molecule has 0 aliphatic rings. The second kappa shape index (κ2) is 3.12. The summed E-state index contributed by atoms with van der Waals surface area (Å²) in [5.74, 6) is 0. The van der Waals surface area contributed by atoms with Crippen LogP contribution in [0.3, 0.4) is 0 Å². The van der Waals surface area contributed by atoms with Crippen molar-refractivity contribution in [1.82, 2.24) is 5.32 Å². The first-order chi connectivity index (χ1) is 2.77. The van der Waals surface area contributed by atoms with E-state index >= 15 is 0 Å². The van der Waals surface area contributed by atoms with E-state index in [0.29, 0.717) is 0 Å². The molecule has 0 aromatic heterocycles. The van der Waals surface area contributed by atoms with Gasteiger partial charge >= 0.3 is 0 Å². The highest BCUT2D eigenvalue weighted by molar-refractivity contribution is 4.42. The maximum atomic E-state index is 5.24. The summed E-state index contributed by atoms with van der Waals surface area (Å²) in [5, 5.41) is 3.90. The Bertz CT molecular complexity index is 26.7. The lowest BCUT2D eigenvalue weighted by Gasteiger charge is -1.98. The number of nitrogens with two attached hydrogens (primary N) is 1. The molecule has 37 valence electrons. The average Bonchev–Trinajstić information content (AvgIpc) is 1.35. The lowest BCUT2D eigenvalue weighted by atomic mass is 10.6. The van der Waals surface area contributed by atoms with E-state index in [1.165, 1.54) is 0 Å². The van der Waals surface area contributed by atoms with Gasteiger partial charge in [-0.25, -0.2) is 5.32 Å². The van der Waals surface area contributed by atoms with Crippen molar-refractivity contribution in [3.63, 3.8) is 0 Å². The van der Waals surface area contributed by atoms with Gasteiger partial charge in [0.25, 0.3) is 0 Å². The number of nitrogens with zero attached hydrogens (tertiary/aromatic N) is 1. The van der Waals surface area contributed by atoms with Crippen molar-refractivity contribution in [1.29, 1.82) is 0 Å². The van der Waals surface area contributed by atoms with E-state index in [1.54, 1.807) is 0 Å². The van der Waals surface area contributed by atoms with Gasteiger partial charge in [-0.05, 0) is 6.92 Å². The highest BCUT2D eigenvalue weighted by atomic mass is 15.0. The predicted molar refractivity (Wildman–Crippen MR) is 26.3 cm³/mol. The van der Waals surface area contributed by atoms with E-state index in [9.17, 15) is 0 Å². The lowest BCUT2D eigenvalue weighted by Crippen LogP contribution is -2.27. The summed E-state index contributed by atoms with van der Waals surface area (Å²) in [6, 6.07) is 0. The van der Waals surface area contributed by atoms with Gasteiger partial charge in [0.05, 0.1) is 6.17 Å². The van der Waals surface area contributed by atoms with Crippen LogP contribution in [-0.2, 0) is 0 Å². The fraction of sp³-hybridized carbons (Fsp3) is 1.00. The molecule has 0 aliphatic heterocycles. The molecule has 0 saturated carbocycles. The monoisotopic (exact) mass is 87.1 g/mol. The third-order valence-corrected chi connectivity index (χ3v) is 0.471. The smallest absolute Gasteiger partial charge is 0.0682 e. The summed E-state index contributed by atoms with van der Waals surface area (Å²) in [6.45, 7) is 4.67. The standard InChI is InChI=1S/C4H11N2/c1-3-6-4(2)5/h4H,3,5H2,1-2H3. The molecular weight excluding hydrogens is 76.1 g/mol. The van der Waals surface area contributed by atoms with E-state index in [-0.39, 0.29) is 6.17 Å². The molecule has 0 spiro atoms. The molecule has 2 nitrogen and oxygen atoms in total. The first-order valence-corrected chi connectivity index (χ1v) is 2.19. The van der Waals surface area contributed by atoms with Crippen molar-refractivity contribution < 1.29 is 0 Å². The normalized spacial score (nSPS) is 14.5. The summed E-state index contributed by atoms with van der Waals surface area (Å²) in [5.41, 5.74) is 5.24. The van der Waals surface area contributed by atoms with Crippen LogP contribution in [0.2, 0.25) is 0 Å². The number of hydrogen-bond donors (Lipinski definition) is 1. The maximum absolute atomic E-state index is 5.24. The van der Waals surface area contributed by atoms with Crippen molar-refractivity contribution in [3.05, 3.63) is 0 Å². The van der Waals surface area contributed by atoms with Crippen LogP contribution >= 0.6 is 0 Å². The Morgan fingerprint density at radius 3 is 2.33 bits per heavy atom. The van der Waals surface area contributed by atoms with Gasteiger partial charge in [0.1, 0.15) is 0 Å². The summed E-state index contributed by atoms with van der Waals surface area (Å²) in [6.07, 6.45) is 0.0231. The molecule has 1 unspecified atom stereocenters. The Hall–Kier alpha value is -0.0800. The van der Waals surface area contributed by atoms with Crippen LogP contribution in [0.25, 0.3) is 0 Å². The van der Waals surface area contributed by atoms with Crippen molar-refractivity contribution in [2.24, 2.45) is 5.73 Å². The van der Waals surface area contributed by atoms with Crippen molar-refractivity contribution in [2.75, 3.05) is 6.54 Å². The molecule has 2 heteroatoms. The summed E-state index contributed by atoms with van der Waals surface area (Å²) in [7, 11) is 0. The van der Waals surface area contributed by atoms with Crippen LogP contribution in [0.1, 0.15) is 13.8 Å². The van der Waals surface area contributed by atoms with Gasteiger partial charge in [0, 0.05) is 6.54 Å². The predicted octanol–water partition coefficient (Wildman–Crippen LogP) is -0.0846. The molecule has 0 aromatic carbocycles. The Morgan fingerprint density at radius 2 is 2.33 bits per heavy atom. The molecule has 2 N–H and O–H groups in total. The molecule has 0 aromatic rings. The fourth-order valence-corrected chi connectivity index (χ4v) is 0.288. The average molecular weight is 87.1 g/mol.